The number of aliphatic hydroxyl groups is 4. The highest BCUT2D eigenvalue weighted by molar-refractivity contribution is 5.98. The molecule has 0 aliphatic carbocycles. The van der Waals surface area contributed by atoms with Gasteiger partial charge in [-0.25, -0.2) is 9.59 Å². The Kier molecular flexibility index (Phi) is 9.93. The van der Waals surface area contributed by atoms with Crippen LogP contribution >= 0.6 is 0 Å². The molecular weight excluding hydrogens is 582 g/mol. The molecule has 1 aliphatic rings. The fraction of sp³-hybridized carbons (Fsp3) is 0.433. The zero-order valence-electron chi connectivity index (χ0n) is 24.1. The zero-order chi connectivity index (χ0) is 32.3. The lowest BCUT2D eigenvalue weighted by molar-refractivity contribution is -0.334. The summed E-state index contributed by atoms with van der Waals surface area (Å²) in [5, 5.41) is 65.7. The summed E-state index contributed by atoms with van der Waals surface area (Å²) in [7, 11) is 1.23. The second-order valence-electron chi connectivity index (χ2n) is 11.0. The van der Waals surface area contributed by atoms with Crippen LogP contribution in [-0.4, -0.2) is 98.6 Å². The van der Waals surface area contributed by atoms with E-state index >= 15 is 0 Å². The van der Waals surface area contributed by atoms with Gasteiger partial charge in [-0.05, 0) is 49.2 Å². The van der Waals surface area contributed by atoms with Gasteiger partial charge in [0.25, 0.3) is 0 Å². The lowest BCUT2D eigenvalue weighted by atomic mass is 9.77. The average molecular weight is 618 g/mol. The second-order valence-corrected chi connectivity index (χ2v) is 11.0. The van der Waals surface area contributed by atoms with Crippen LogP contribution in [0.15, 0.2) is 57.9 Å². The van der Waals surface area contributed by atoms with Crippen LogP contribution in [0.1, 0.15) is 20.3 Å². The third kappa shape index (κ3) is 6.55. The van der Waals surface area contributed by atoms with Crippen molar-refractivity contribution < 1.29 is 58.9 Å². The van der Waals surface area contributed by atoms with E-state index in [0.717, 1.165) is 0 Å². The molecule has 0 unspecified atom stereocenters. The van der Waals surface area contributed by atoms with Crippen molar-refractivity contribution in [3.8, 4) is 22.6 Å². The van der Waals surface area contributed by atoms with Gasteiger partial charge in [0, 0.05) is 6.07 Å². The van der Waals surface area contributed by atoms with Crippen LogP contribution in [0.2, 0.25) is 0 Å². The molecule has 4 rings (SSSR count). The first-order valence-corrected chi connectivity index (χ1v) is 13.8. The topological polar surface area (TPSA) is 225 Å². The Hall–Kier alpha value is -4.05. The lowest BCUT2D eigenvalue weighted by Crippen LogP contribution is -2.72. The van der Waals surface area contributed by atoms with E-state index in [-0.39, 0.29) is 45.8 Å². The Labute approximate surface area is 251 Å². The van der Waals surface area contributed by atoms with Gasteiger partial charge in [-0.15, -0.1) is 0 Å². The van der Waals surface area contributed by atoms with E-state index in [1.165, 1.54) is 43.6 Å². The van der Waals surface area contributed by atoms with Crippen LogP contribution in [0.3, 0.4) is 0 Å². The van der Waals surface area contributed by atoms with Gasteiger partial charge in [-0.3, -0.25) is 10.1 Å². The number of aliphatic carboxylic acids is 1. The van der Waals surface area contributed by atoms with Crippen LogP contribution in [0, 0.1) is 5.92 Å². The van der Waals surface area contributed by atoms with Crippen LogP contribution in [-0.2, 0) is 19.1 Å². The Morgan fingerprint density at radius 3 is 2.39 bits per heavy atom. The van der Waals surface area contributed by atoms with Crippen molar-refractivity contribution >= 4 is 22.9 Å². The minimum absolute atomic E-state index is 0.0102. The number of hydrogen-bond acceptors (Lipinski definition) is 13. The first kappa shape index (κ1) is 32.9. The van der Waals surface area contributed by atoms with Crippen LogP contribution in [0.25, 0.3) is 22.1 Å². The van der Waals surface area contributed by atoms with E-state index in [9.17, 15) is 45.0 Å². The lowest BCUT2D eigenvalue weighted by Gasteiger charge is -2.49. The quantitative estimate of drug-likeness (QED) is 0.114. The first-order chi connectivity index (χ1) is 20.8. The van der Waals surface area contributed by atoms with Crippen molar-refractivity contribution in [3.63, 3.8) is 0 Å². The molecule has 1 fully saturated rings. The predicted octanol–water partition coefficient (Wildman–Crippen LogP) is 0.345. The largest absolute Gasteiger partial charge is 0.508 e. The average Bonchev–Trinajstić information content (AvgIpc) is 2.97. The van der Waals surface area contributed by atoms with Crippen molar-refractivity contribution in [1.29, 1.82) is 0 Å². The van der Waals surface area contributed by atoms with E-state index in [4.69, 9.17) is 18.6 Å². The first-order valence-electron chi connectivity index (χ1n) is 13.8. The normalized spacial score (nSPS) is 25.0. The number of carbonyl (C=O) groups excluding carboxylic acids is 1. The Bertz CT molecular complexity index is 1540. The van der Waals surface area contributed by atoms with E-state index in [1.807, 2.05) is 0 Å². The maximum Gasteiger partial charge on any atom is 0.334 e. The molecule has 14 nitrogen and oxygen atoms in total. The van der Waals surface area contributed by atoms with Gasteiger partial charge in [-0.2, -0.15) is 0 Å². The summed E-state index contributed by atoms with van der Waals surface area (Å²) < 4.78 is 22.1. The maximum absolute atomic E-state index is 13.1. The molecule has 7 N–H and O–H groups in total. The molecule has 7 atom stereocenters. The number of nitrogens with one attached hydrogen (secondary N) is 1. The molecule has 14 heteroatoms. The summed E-state index contributed by atoms with van der Waals surface area (Å²) >= 11 is 0. The van der Waals surface area contributed by atoms with Gasteiger partial charge in [-0.1, -0.05) is 26.0 Å². The van der Waals surface area contributed by atoms with E-state index < -0.39 is 60.9 Å². The molecular formula is C30H35NO13. The summed E-state index contributed by atoms with van der Waals surface area (Å²) in [4.78, 5) is 36.7. The van der Waals surface area contributed by atoms with Gasteiger partial charge < -0.3 is 49.3 Å². The molecule has 0 radical (unpaired) electrons. The summed E-state index contributed by atoms with van der Waals surface area (Å²) in [6.45, 7) is 2.73. The van der Waals surface area contributed by atoms with E-state index in [2.05, 4.69) is 5.32 Å². The molecule has 2 heterocycles. The molecule has 1 saturated heterocycles. The summed E-state index contributed by atoms with van der Waals surface area (Å²) in [5.74, 6) is -2.85. The molecule has 2 aromatic carbocycles. The maximum atomic E-state index is 13.1. The highest BCUT2D eigenvalue weighted by Crippen LogP contribution is 2.36. The number of carbonyl (C=O) groups is 2. The molecule has 0 spiro atoms. The van der Waals surface area contributed by atoms with Crippen molar-refractivity contribution in [2.75, 3.05) is 13.7 Å². The molecule has 1 aromatic heterocycles. The molecule has 3 aromatic rings. The monoisotopic (exact) mass is 617 g/mol. The summed E-state index contributed by atoms with van der Waals surface area (Å²) in [6.07, 6.45) is -7.82. The smallest absolute Gasteiger partial charge is 0.334 e. The molecule has 0 saturated carbocycles. The number of phenols is 1. The Morgan fingerprint density at radius 1 is 1.09 bits per heavy atom. The number of hydrogen-bond donors (Lipinski definition) is 7. The third-order valence-electron chi connectivity index (χ3n) is 7.43. The number of benzene rings is 2. The third-order valence-corrected chi connectivity index (χ3v) is 7.43. The van der Waals surface area contributed by atoms with Gasteiger partial charge in [0.15, 0.2) is 11.0 Å². The number of aromatic hydroxyl groups is 1. The number of esters is 1. The van der Waals surface area contributed by atoms with Gasteiger partial charge in [0.05, 0.1) is 17.1 Å². The van der Waals surface area contributed by atoms with Crippen molar-refractivity contribution in [2.24, 2.45) is 5.92 Å². The molecule has 44 heavy (non-hydrogen) atoms. The van der Waals surface area contributed by atoms with E-state index in [0.29, 0.717) is 5.56 Å². The van der Waals surface area contributed by atoms with Gasteiger partial charge in [0.1, 0.15) is 48.3 Å². The van der Waals surface area contributed by atoms with Gasteiger partial charge >= 0.3 is 11.9 Å². The molecule has 0 amide bonds. The SMILES string of the molecule is CN[C@H](C(=O)O)C(=O)OC[C@@H]1O[C@H](Oc2ccc3c(=O)c(-c4ccc(O)cc4)coc3c2)[C@@H](O)[C@@](O)([C@H](O)CC(C)C)[C@H]1O. The number of likely N-dealkylation sites (N-methyl/N-ethyl adjacent to an activating group) is 1. The standard InChI is InChI=1S/C30H35NO13/c1-14(2)10-22(33)30(40)25(35)21(13-42-28(39)23(31-3)27(37)38)44-29(26(30)36)43-17-8-9-18-20(11-17)41-12-19(24(18)34)15-4-6-16(32)7-5-15/h4-9,11-12,14,21-23,25-26,29,31-33,35-36,40H,10,13H2,1-3H3,(H,37,38)/t21-,22+,23+,25-,26+,29-,30+/m0/s1. The highest BCUT2D eigenvalue weighted by atomic mass is 16.7. The molecule has 238 valence electrons. The van der Waals surface area contributed by atoms with Crippen molar-refractivity contribution in [1.82, 2.24) is 5.32 Å². The zero-order valence-corrected chi connectivity index (χ0v) is 24.1. The fourth-order valence-corrected chi connectivity index (χ4v) is 5.01. The van der Waals surface area contributed by atoms with Crippen LogP contribution in [0.4, 0.5) is 0 Å². The second kappa shape index (κ2) is 13.3. The highest BCUT2D eigenvalue weighted by Gasteiger charge is 2.60. The van der Waals surface area contributed by atoms with Crippen molar-refractivity contribution in [2.45, 2.75) is 62.6 Å². The number of carboxylic acids is 1. The summed E-state index contributed by atoms with van der Waals surface area (Å²) in [5.41, 5.74) is -2.12. The predicted molar refractivity (Wildman–Crippen MR) is 153 cm³/mol. The fourth-order valence-electron chi connectivity index (χ4n) is 5.01. The van der Waals surface area contributed by atoms with E-state index in [1.54, 1.807) is 26.0 Å². The Morgan fingerprint density at radius 2 is 1.77 bits per heavy atom. The number of rotatable bonds is 11. The minimum atomic E-state index is -2.62. The van der Waals surface area contributed by atoms with Crippen LogP contribution in [0.5, 0.6) is 11.5 Å². The number of ether oxygens (including phenoxy) is 3. The minimum Gasteiger partial charge on any atom is -0.508 e. The molecule has 0 bridgehead atoms. The summed E-state index contributed by atoms with van der Waals surface area (Å²) in [6, 6.07) is 8.38. The molecule has 1 aliphatic heterocycles. The van der Waals surface area contributed by atoms with Crippen molar-refractivity contribution in [3.05, 3.63) is 59.0 Å². The van der Waals surface area contributed by atoms with Gasteiger partial charge in [0.2, 0.25) is 12.3 Å². The Balaban J connectivity index is 1.62. The number of fused-ring (bicyclic) bond motifs is 1. The number of carboxylic acid groups (broad SMARTS) is 1. The number of phenolic OH excluding ortho intramolecular Hbond substituents is 1. The van der Waals surface area contributed by atoms with Crippen LogP contribution < -0.4 is 15.5 Å². The number of aliphatic hydroxyl groups excluding tert-OH is 3.